The Morgan fingerprint density at radius 3 is 2.50 bits per heavy atom. The molecule has 2 rings (SSSR count). The highest BCUT2D eigenvalue weighted by Crippen LogP contribution is 2.21. The highest BCUT2D eigenvalue weighted by molar-refractivity contribution is 5.23. The van der Waals surface area contributed by atoms with E-state index >= 15 is 0 Å². The third-order valence-electron chi connectivity index (χ3n) is 3.20. The van der Waals surface area contributed by atoms with Crippen molar-refractivity contribution in [3.63, 3.8) is 0 Å². The number of nitrogens with one attached hydrogen (secondary N) is 1. The van der Waals surface area contributed by atoms with Crippen LogP contribution in [0, 0.1) is 0 Å². The van der Waals surface area contributed by atoms with Gasteiger partial charge in [0, 0.05) is 31.7 Å². The lowest BCUT2D eigenvalue weighted by molar-refractivity contribution is 0.466. The van der Waals surface area contributed by atoms with E-state index in [2.05, 4.69) is 54.6 Å². The van der Waals surface area contributed by atoms with Crippen molar-refractivity contribution in [3.8, 4) is 0 Å². The molecule has 0 fully saturated rings. The van der Waals surface area contributed by atoms with E-state index in [0.29, 0.717) is 0 Å². The lowest BCUT2D eigenvalue weighted by Gasteiger charge is -2.25. The first-order valence-electron chi connectivity index (χ1n) is 6.33. The molecule has 1 N–H and O–H groups in total. The van der Waals surface area contributed by atoms with Crippen LogP contribution < -0.4 is 5.32 Å². The second-order valence-corrected chi connectivity index (χ2v) is 5.33. The molecule has 0 amide bonds. The molecule has 0 aliphatic rings. The average Bonchev–Trinajstić information content (AvgIpc) is 2.76. The van der Waals surface area contributed by atoms with Crippen LogP contribution in [0.1, 0.15) is 25.1 Å². The molecule has 1 aromatic heterocycles. The number of benzene rings is 1. The summed E-state index contributed by atoms with van der Waals surface area (Å²) in [5.41, 5.74) is 2.58. The maximum absolute atomic E-state index is 4.36. The molecule has 0 aliphatic heterocycles. The quantitative estimate of drug-likeness (QED) is 0.874. The first-order valence-corrected chi connectivity index (χ1v) is 6.33. The number of aryl methyl sites for hydroxylation is 1. The minimum atomic E-state index is 0.135. The van der Waals surface area contributed by atoms with Gasteiger partial charge in [0.25, 0.3) is 0 Å². The van der Waals surface area contributed by atoms with Crippen molar-refractivity contribution >= 4 is 0 Å². The Morgan fingerprint density at radius 1 is 1.17 bits per heavy atom. The fourth-order valence-electron chi connectivity index (χ4n) is 2.05. The normalized spacial score (nSPS) is 11.7. The molecule has 0 spiro atoms. The zero-order valence-electron chi connectivity index (χ0n) is 11.4. The van der Waals surface area contributed by atoms with Crippen molar-refractivity contribution in [2.24, 2.45) is 7.05 Å². The number of aromatic nitrogens is 2. The van der Waals surface area contributed by atoms with E-state index in [0.717, 1.165) is 18.8 Å². The Kier molecular flexibility index (Phi) is 3.82. The minimum Gasteiger partial charge on any atom is -0.310 e. The van der Waals surface area contributed by atoms with Gasteiger partial charge in [-0.2, -0.15) is 5.10 Å². The van der Waals surface area contributed by atoms with Crippen LogP contribution in [0.5, 0.6) is 0 Å². The summed E-state index contributed by atoms with van der Waals surface area (Å²) in [5.74, 6) is 0. The summed E-state index contributed by atoms with van der Waals surface area (Å²) in [6.07, 6.45) is 1.97. The van der Waals surface area contributed by atoms with Crippen LogP contribution in [0.3, 0.4) is 0 Å². The van der Waals surface area contributed by atoms with Gasteiger partial charge in [-0.05, 0) is 11.6 Å². The van der Waals surface area contributed by atoms with Crippen molar-refractivity contribution in [1.82, 2.24) is 15.1 Å². The van der Waals surface area contributed by atoms with Gasteiger partial charge in [-0.3, -0.25) is 4.68 Å². The molecule has 96 valence electrons. The fraction of sp³-hybridized carbons (Fsp3) is 0.400. The number of rotatable bonds is 5. The topological polar surface area (TPSA) is 29.9 Å². The Labute approximate surface area is 109 Å². The lowest BCUT2D eigenvalue weighted by atomic mass is 9.84. The van der Waals surface area contributed by atoms with Gasteiger partial charge in [-0.15, -0.1) is 0 Å². The van der Waals surface area contributed by atoms with E-state index in [4.69, 9.17) is 0 Å². The predicted octanol–water partition coefficient (Wildman–Crippen LogP) is 2.49. The number of hydrogen-bond acceptors (Lipinski definition) is 2. The van der Waals surface area contributed by atoms with E-state index < -0.39 is 0 Å². The van der Waals surface area contributed by atoms with Crippen molar-refractivity contribution in [3.05, 3.63) is 53.9 Å². The maximum atomic E-state index is 4.36. The van der Waals surface area contributed by atoms with Crippen LogP contribution in [0.25, 0.3) is 0 Å². The Morgan fingerprint density at radius 2 is 1.89 bits per heavy atom. The third kappa shape index (κ3) is 3.20. The van der Waals surface area contributed by atoms with Gasteiger partial charge in [0.05, 0.1) is 5.69 Å². The zero-order chi connectivity index (χ0) is 13.0. The smallest absolute Gasteiger partial charge is 0.0762 e. The van der Waals surface area contributed by atoms with Gasteiger partial charge in [0.2, 0.25) is 0 Å². The van der Waals surface area contributed by atoms with Crippen molar-refractivity contribution in [2.45, 2.75) is 25.8 Å². The van der Waals surface area contributed by atoms with Gasteiger partial charge < -0.3 is 5.32 Å². The summed E-state index contributed by atoms with van der Waals surface area (Å²) in [7, 11) is 1.94. The zero-order valence-corrected chi connectivity index (χ0v) is 11.4. The maximum Gasteiger partial charge on any atom is 0.0762 e. The highest BCUT2D eigenvalue weighted by atomic mass is 15.3. The Balaban J connectivity index is 1.89. The molecule has 0 bridgehead atoms. The fourth-order valence-corrected chi connectivity index (χ4v) is 2.05. The Hall–Kier alpha value is -1.61. The van der Waals surface area contributed by atoms with Gasteiger partial charge in [-0.1, -0.05) is 44.2 Å². The molecular weight excluding hydrogens is 222 g/mol. The highest BCUT2D eigenvalue weighted by Gasteiger charge is 2.19. The second-order valence-electron chi connectivity index (χ2n) is 5.33. The molecular formula is C15H21N3. The van der Waals surface area contributed by atoms with Gasteiger partial charge in [0.15, 0.2) is 0 Å². The molecule has 0 radical (unpaired) electrons. The SMILES string of the molecule is Cn1ccc(CNCC(C)(C)c2ccccc2)n1. The van der Waals surface area contributed by atoms with E-state index in [1.807, 2.05) is 24.0 Å². The summed E-state index contributed by atoms with van der Waals surface area (Å²) in [6, 6.07) is 12.7. The van der Waals surface area contributed by atoms with Gasteiger partial charge in [-0.25, -0.2) is 0 Å². The average molecular weight is 243 g/mol. The van der Waals surface area contributed by atoms with Crippen molar-refractivity contribution < 1.29 is 0 Å². The molecule has 1 heterocycles. The number of hydrogen-bond donors (Lipinski definition) is 1. The lowest BCUT2D eigenvalue weighted by Crippen LogP contribution is -2.32. The summed E-state index contributed by atoms with van der Waals surface area (Å²) in [6.45, 7) is 6.27. The Bertz CT molecular complexity index is 485. The molecule has 1 aromatic carbocycles. The third-order valence-corrected chi connectivity index (χ3v) is 3.20. The van der Waals surface area contributed by atoms with E-state index in [1.54, 1.807) is 0 Å². The summed E-state index contributed by atoms with van der Waals surface area (Å²) < 4.78 is 1.83. The van der Waals surface area contributed by atoms with Crippen molar-refractivity contribution in [1.29, 1.82) is 0 Å². The van der Waals surface area contributed by atoms with Crippen LogP contribution in [0.15, 0.2) is 42.6 Å². The summed E-state index contributed by atoms with van der Waals surface area (Å²) >= 11 is 0. The molecule has 3 nitrogen and oxygen atoms in total. The largest absolute Gasteiger partial charge is 0.310 e. The predicted molar refractivity (Wildman–Crippen MR) is 74.4 cm³/mol. The molecule has 0 saturated carbocycles. The van der Waals surface area contributed by atoms with E-state index in [-0.39, 0.29) is 5.41 Å². The standard InChI is InChI=1S/C15H21N3/c1-15(2,13-7-5-4-6-8-13)12-16-11-14-9-10-18(3)17-14/h4-10,16H,11-12H2,1-3H3. The van der Waals surface area contributed by atoms with Crippen LogP contribution >= 0.6 is 0 Å². The number of nitrogens with zero attached hydrogens (tertiary/aromatic N) is 2. The molecule has 18 heavy (non-hydrogen) atoms. The van der Waals surface area contributed by atoms with Crippen LogP contribution in [0.4, 0.5) is 0 Å². The second kappa shape index (κ2) is 5.36. The molecule has 0 unspecified atom stereocenters. The first-order chi connectivity index (χ1) is 8.58. The molecule has 0 atom stereocenters. The van der Waals surface area contributed by atoms with Gasteiger partial charge in [0.1, 0.15) is 0 Å². The molecule has 0 saturated heterocycles. The van der Waals surface area contributed by atoms with Crippen LogP contribution in [-0.4, -0.2) is 16.3 Å². The molecule has 2 aromatic rings. The van der Waals surface area contributed by atoms with Crippen LogP contribution in [0.2, 0.25) is 0 Å². The summed E-state index contributed by atoms with van der Waals surface area (Å²) in [4.78, 5) is 0. The van der Waals surface area contributed by atoms with E-state index in [1.165, 1.54) is 5.56 Å². The van der Waals surface area contributed by atoms with E-state index in [9.17, 15) is 0 Å². The molecule has 3 heteroatoms. The van der Waals surface area contributed by atoms with Crippen molar-refractivity contribution in [2.75, 3.05) is 6.54 Å². The first kappa shape index (κ1) is 12.8. The minimum absolute atomic E-state index is 0.135. The van der Waals surface area contributed by atoms with Crippen LogP contribution in [-0.2, 0) is 19.0 Å². The monoisotopic (exact) mass is 243 g/mol. The molecule has 0 aliphatic carbocycles. The van der Waals surface area contributed by atoms with Gasteiger partial charge >= 0.3 is 0 Å². The summed E-state index contributed by atoms with van der Waals surface area (Å²) in [5, 5.41) is 7.84.